The molecular formula is C14H22N2O3. The van der Waals surface area contributed by atoms with Crippen LogP contribution in [-0.4, -0.2) is 23.2 Å². The monoisotopic (exact) mass is 266 g/mol. The minimum absolute atomic E-state index is 0.210. The van der Waals surface area contributed by atoms with Gasteiger partial charge in [-0.25, -0.2) is 0 Å². The van der Waals surface area contributed by atoms with Crippen LogP contribution in [0.2, 0.25) is 0 Å². The molecule has 0 aliphatic carbocycles. The number of carbonyl (C=O) groups excluding carboxylic acids is 1. The van der Waals surface area contributed by atoms with E-state index in [9.17, 15) is 15.1 Å². The minimum atomic E-state index is -0.860. The van der Waals surface area contributed by atoms with E-state index in [2.05, 4.69) is 5.32 Å². The molecule has 0 radical (unpaired) electrons. The second-order valence-corrected chi connectivity index (χ2v) is 4.86. The zero-order chi connectivity index (χ0) is 14.3. The van der Waals surface area contributed by atoms with Crippen molar-refractivity contribution in [3.05, 3.63) is 35.3 Å². The van der Waals surface area contributed by atoms with Gasteiger partial charge in [0.25, 0.3) is 5.91 Å². The maximum atomic E-state index is 11.9. The van der Waals surface area contributed by atoms with Crippen LogP contribution in [0.1, 0.15) is 49.9 Å². The van der Waals surface area contributed by atoms with E-state index in [0.29, 0.717) is 23.1 Å². The lowest BCUT2D eigenvalue weighted by Gasteiger charge is -2.27. The molecule has 19 heavy (non-hydrogen) atoms. The first-order valence-corrected chi connectivity index (χ1v) is 6.70. The Morgan fingerprint density at radius 1 is 1.42 bits per heavy atom. The van der Waals surface area contributed by atoms with Crippen LogP contribution in [-0.2, 0) is 0 Å². The van der Waals surface area contributed by atoms with Gasteiger partial charge in [0.15, 0.2) is 12.4 Å². The number of nitrogens with zero attached hydrogens (tertiary/aromatic N) is 1. The highest BCUT2D eigenvalue weighted by molar-refractivity contribution is 5.93. The summed E-state index contributed by atoms with van der Waals surface area (Å²) in [6, 6.07) is 3.09. The number of hydrogen-bond acceptors (Lipinski definition) is 3. The summed E-state index contributed by atoms with van der Waals surface area (Å²) in [5.41, 5.74) is -0.561. The van der Waals surface area contributed by atoms with Crippen LogP contribution in [0.5, 0.6) is 0 Å². The highest BCUT2D eigenvalue weighted by Crippen LogP contribution is 2.18. The molecule has 1 aromatic rings. The number of carbonyl (C=O) groups is 1. The lowest BCUT2D eigenvalue weighted by Crippen LogP contribution is -2.43. The Hall–Kier alpha value is -1.62. The van der Waals surface area contributed by atoms with Gasteiger partial charge in [-0.1, -0.05) is 26.7 Å². The van der Waals surface area contributed by atoms with Crippen molar-refractivity contribution in [2.24, 2.45) is 0 Å². The Labute approximate surface area is 113 Å². The van der Waals surface area contributed by atoms with Crippen LogP contribution in [0.3, 0.4) is 0 Å². The van der Waals surface area contributed by atoms with Gasteiger partial charge in [-0.15, -0.1) is 0 Å². The van der Waals surface area contributed by atoms with E-state index in [1.165, 1.54) is 18.5 Å². The molecule has 5 heteroatoms. The van der Waals surface area contributed by atoms with E-state index in [0.717, 1.165) is 12.8 Å². The molecule has 1 aromatic heterocycles. The van der Waals surface area contributed by atoms with Crippen molar-refractivity contribution in [2.45, 2.75) is 45.1 Å². The summed E-state index contributed by atoms with van der Waals surface area (Å²) in [5.74, 6) is -0.337. The van der Waals surface area contributed by atoms with Gasteiger partial charge in [-0.3, -0.25) is 4.79 Å². The van der Waals surface area contributed by atoms with Gasteiger partial charge in [0.2, 0.25) is 0 Å². The molecule has 0 aliphatic rings. The number of rotatable bonds is 7. The van der Waals surface area contributed by atoms with Crippen molar-refractivity contribution >= 4 is 5.91 Å². The van der Waals surface area contributed by atoms with Gasteiger partial charge in [0.1, 0.15) is 5.56 Å². The molecule has 0 unspecified atom stereocenters. The van der Waals surface area contributed by atoms with Crippen LogP contribution < -0.4 is 10.0 Å². The van der Waals surface area contributed by atoms with Gasteiger partial charge >= 0.3 is 0 Å². The summed E-state index contributed by atoms with van der Waals surface area (Å²) in [5, 5.41) is 24.2. The Balaban J connectivity index is 2.61. The standard InChI is InChI=1S/C14H22N2O3/c1-3-7-14(18,8-4-2)11-15-13(17)12-6-5-9-16(19)10-12/h5-6,9-10,18H,3-4,7-8,11H2,1-2H3,(H,15,17). The number of aliphatic hydroxyl groups is 1. The highest BCUT2D eigenvalue weighted by atomic mass is 16.5. The lowest BCUT2D eigenvalue weighted by molar-refractivity contribution is -0.605. The van der Waals surface area contributed by atoms with Crippen LogP contribution >= 0.6 is 0 Å². The van der Waals surface area contributed by atoms with Gasteiger partial charge in [-0.05, 0) is 18.9 Å². The third-order valence-corrected chi connectivity index (χ3v) is 3.05. The Bertz CT molecular complexity index is 415. The maximum Gasteiger partial charge on any atom is 0.257 e. The fourth-order valence-electron chi connectivity index (χ4n) is 2.17. The summed E-state index contributed by atoms with van der Waals surface area (Å²) in [6.45, 7) is 4.21. The van der Waals surface area contributed by atoms with E-state index in [4.69, 9.17) is 0 Å². The molecule has 0 spiro atoms. The second-order valence-electron chi connectivity index (χ2n) is 4.86. The number of pyridine rings is 1. The molecule has 2 N–H and O–H groups in total. The third-order valence-electron chi connectivity index (χ3n) is 3.05. The molecule has 0 fully saturated rings. The number of hydrogen-bond donors (Lipinski definition) is 2. The topological polar surface area (TPSA) is 76.3 Å². The van der Waals surface area contributed by atoms with Gasteiger partial charge in [0.05, 0.1) is 5.60 Å². The highest BCUT2D eigenvalue weighted by Gasteiger charge is 2.25. The van der Waals surface area contributed by atoms with E-state index in [1.54, 1.807) is 6.07 Å². The molecule has 0 bridgehead atoms. The number of nitrogens with one attached hydrogen (secondary N) is 1. The van der Waals surface area contributed by atoms with Crippen molar-refractivity contribution in [3.63, 3.8) is 0 Å². The third kappa shape index (κ3) is 4.87. The van der Waals surface area contributed by atoms with Crippen LogP contribution in [0, 0.1) is 5.21 Å². The normalized spacial score (nSPS) is 11.3. The average Bonchev–Trinajstić information content (AvgIpc) is 2.37. The Morgan fingerprint density at radius 3 is 2.58 bits per heavy atom. The average molecular weight is 266 g/mol. The summed E-state index contributed by atoms with van der Waals surface area (Å²) < 4.78 is 0.583. The van der Waals surface area contributed by atoms with Crippen molar-refractivity contribution in [2.75, 3.05) is 6.54 Å². The summed E-state index contributed by atoms with van der Waals surface area (Å²) in [6.07, 6.45) is 5.56. The summed E-state index contributed by atoms with van der Waals surface area (Å²) in [7, 11) is 0. The number of amides is 1. The van der Waals surface area contributed by atoms with E-state index in [-0.39, 0.29) is 12.5 Å². The fraction of sp³-hybridized carbons (Fsp3) is 0.571. The lowest BCUT2D eigenvalue weighted by atomic mass is 9.92. The molecule has 0 saturated heterocycles. The summed E-state index contributed by atoms with van der Waals surface area (Å²) >= 11 is 0. The minimum Gasteiger partial charge on any atom is -0.619 e. The molecule has 0 aliphatic heterocycles. The molecule has 106 valence electrons. The molecule has 0 atom stereocenters. The van der Waals surface area contributed by atoms with Crippen molar-refractivity contribution in [3.8, 4) is 0 Å². The first-order valence-electron chi connectivity index (χ1n) is 6.70. The smallest absolute Gasteiger partial charge is 0.257 e. The SMILES string of the molecule is CCCC(O)(CCC)CNC(=O)c1ccc[n+]([O-])c1. The van der Waals surface area contributed by atoms with Crippen LogP contribution in [0.25, 0.3) is 0 Å². The van der Waals surface area contributed by atoms with Gasteiger partial charge in [-0.2, -0.15) is 4.73 Å². The zero-order valence-electron chi connectivity index (χ0n) is 11.6. The second kappa shape index (κ2) is 7.09. The predicted molar refractivity (Wildman–Crippen MR) is 72.5 cm³/mol. The molecule has 1 rings (SSSR count). The largest absolute Gasteiger partial charge is 0.619 e. The predicted octanol–water partition coefficient (Wildman–Crippen LogP) is 1.38. The Kier molecular flexibility index (Phi) is 5.76. The van der Waals surface area contributed by atoms with Gasteiger partial charge < -0.3 is 15.6 Å². The molecule has 0 aromatic carbocycles. The Morgan fingerprint density at radius 2 is 2.05 bits per heavy atom. The quantitative estimate of drug-likeness (QED) is 0.578. The molecule has 1 amide bonds. The zero-order valence-corrected chi connectivity index (χ0v) is 11.6. The molecule has 0 saturated carbocycles. The molecule has 5 nitrogen and oxygen atoms in total. The summed E-state index contributed by atoms with van der Waals surface area (Å²) in [4.78, 5) is 11.9. The number of aromatic nitrogens is 1. The van der Waals surface area contributed by atoms with Gasteiger partial charge in [0, 0.05) is 12.6 Å². The first-order chi connectivity index (χ1) is 9.00. The molecular weight excluding hydrogens is 244 g/mol. The van der Waals surface area contributed by atoms with E-state index < -0.39 is 5.60 Å². The van der Waals surface area contributed by atoms with Crippen LogP contribution in [0.4, 0.5) is 0 Å². The fourth-order valence-corrected chi connectivity index (χ4v) is 2.17. The first kappa shape index (κ1) is 15.4. The van der Waals surface area contributed by atoms with Crippen LogP contribution in [0.15, 0.2) is 24.5 Å². The van der Waals surface area contributed by atoms with Crippen molar-refractivity contribution in [1.29, 1.82) is 0 Å². The van der Waals surface area contributed by atoms with E-state index >= 15 is 0 Å². The van der Waals surface area contributed by atoms with Crippen molar-refractivity contribution < 1.29 is 14.6 Å². The molecule has 1 heterocycles. The van der Waals surface area contributed by atoms with E-state index in [1.807, 2.05) is 13.8 Å². The maximum absolute atomic E-state index is 11.9. The van der Waals surface area contributed by atoms with Crippen molar-refractivity contribution in [1.82, 2.24) is 5.32 Å².